The molecule has 1 unspecified atom stereocenters. The Balaban J connectivity index is 1.23. The minimum atomic E-state index is -0.414. The lowest BCUT2D eigenvalue weighted by Crippen LogP contribution is -2.35. The molecule has 1 spiro atoms. The monoisotopic (exact) mass is 537 g/mol. The number of rotatable bonds is 6. The van der Waals surface area contributed by atoms with Crippen LogP contribution in [0.5, 0.6) is 0 Å². The Morgan fingerprint density at radius 3 is 2.73 bits per heavy atom. The van der Waals surface area contributed by atoms with Gasteiger partial charge >= 0.3 is 0 Å². The van der Waals surface area contributed by atoms with Gasteiger partial charge in [-0.3, -0.25) is 19.7 Å². The molecule has 0 radical (unpaired) electrons. The first-order chi connectivity index (χ1) is 19.5. The average Bonchev–Trinajstić information content (AvgIpc) is 3.53. The summed E-state index contributed by atoms with van der Waals surface area (Å²) >= 11 is 0. The maximum atomic E-state index is 13.8. The van der Waals surface area contributed by atoms with E-state index >= 15 is 0 Å². The molecule has 8 heteroatoms. The number of hydrogen-bond donors (Lipinski definition) is 3. The summed E-state index contributed by atoms with van der Waals surface area (Å²) in [5.74, 6) is 0.453. The molecule has 1 atom stereocenters. The first kappa shape index (κ1) is 24.9. The van der Waals surface area contributed by atoms with Crippen LogP contribution in [-0.4, -0.2) is 33.4 Å². The highest BCUT2D eigenvalue weighted by atomic mass is 19.1. The van der Waals surface area contributed by atoms with Gasteiger partial charge in [0.15, 0.2) is 11.5 Å². The molecule has 4 aliphatic rings. The number of halogens is 1. The second-order valence-corrected chi connectivity index (χ2v) is 11.8. The number of ketones is 1. The number of H-pyrrole nitrogens is 1. The fourth-order valence-corrected chi connectivity index (χ4v) is 6.68. The molecule has 0 saturated heterocycles. The van der Waals surface area contributed by atoms with Gasteiger partial charge in [-0.1, -0.05) is 37.1 Å². The quantitative estimate of drug-likeness (QED) is 0.350. The van der Waals surface area contributed by atoms with E-state index in [-0.39, 0.29) is 22.9 Å². The number of fused-ring (bicyclic) bond motifs is 1. The number of aromatic amines is 1. The van der Waals surface area contributed by atoms with Crippen LogP contribution >= 0.6 is 0 Å². The number of amides is 1. The van der Waals surface area contributed by atoms with Gasteiger partial charge < -0.3 is 10.6 Å². The predicted molar refractivity (Wildman–Crippen MR) is 151 cm³/mol. The smallest absolute Gasteiger partial charge is 0.272 e. The number of carbonyl (C=O) groups excluding carboxylic acids is 2. The number of Topliss-reactive ketones (excluding diaryl/α,β-unsaturated/α-hetero) is 1. The molecular formula is C32H32FN5O2. The first-order valence-corrected chi connectivity index (χ1v) is 14.3. The molecule has 3 heterocycles. The van der Waals surface area contributed by atoms with Crippen LogP contribution in [0, 0.1) is 17.2 Å². The zero-order chi connectivity index (χ0) is 27.3. The molecule has 2 aromatic heterocycles. The number of aromatic nitrogens is 3. The number of carbonyl (C=O) groups is 2. The molecule has 7 rings (SSSR count). The lowest BCUT2D eigenvalue weighted by atomic mass is 9.67. The van der Waals surface area contributed by atoms with E-state index in [9.17, 15) is 14.0 Å². The molecule has 0 bridgehead atoms. The molecule has 3 N–H and O–H groups in total. The predicted octanol–water partition coefficient (Wildman–Crippen LogP) is 6.15. The van der Waals surface area contributed by atoms with Crippen LogP contribution in [0.3, 0.4) is 0 Å². The van der Waals surface area contributed by atoms with E-state index in [1.165, 1.54) is 12.1 Å². The van der Waals surface area contributed by atoms with Gasteiger partial charge in [0.2, 0.25) is 0 Å². The number of benzene rings is 1. The largest absolute Gasteiger partial charge is 0.350 e. The fourth-order valence-electron chi connectivity index (χ4n) is 6.68. The summed E-state index contributed by atoms with van der Waals surface area (Å²) in [6.07, 6.45) is 13.7. The number of hydrogen-bond acceptors (Lipinski definition) is 5. The van der Waals surface area contributed by atoms with Crippen molar-refractivity contribution in [2.45, 2.75) is 57.3 Å². The summed E-state index contributed by atoms with van der Waals surface area (Å²) in [5, 5.41) is 14.0. The zero-order valence-corrected chi connectivity index (χ0v) is 22.3. The summed E-state index contributed by atoms with van der Waals surface area (Å²) in [4.78, 5) is 31.5. The number of allylic oxidation sites excluding steroid dienone is 3. The molecule has 204 valence electrons. The molecule has 1 aliphatic heterocycles. The molecule has 3 aromatic rings. The third-order valence-corrected chi connectivity index (χ3v) is 8.95. The first-order valence-electron chi connectivity index (χ1n) is 14.3. The number of anilines is 1. The Labute approximate surface area is 232 Å². The standard InChI is InChI=1S/C32H32FN5O2/c33-22-5-3-4-20(14-22)21-8-9-23(34-18-21)10-11-24-27-25(15-32(16-26(27)39)12-1-2-13-32)36-30-28(24)29(37-38-30)31(40)35-17-19-6-7-19/h3-5,8-11,14,18-19,24H,1-2,6-7,12-13,15-17H2,(H,35,40)(H2,36,37,38)/b11-10+. The molecular weight excluding hydrogens is 505 g/mol. The molecule has 40 heavy (non-hydrogen) atoms. The lowest BCUT2D eigenvalue weighted by molar-refractivity contribution is -0.118. The lowest BCUT2D eigenvalue weighted by Gasteiger charge is -2.39. The molecule has 2 fully saturated rings. The van der Waals surface area contributed by atoms with E-state index in [4.69, 9.17) is 0 Å². The zero-order valence-electron chi connectivity index (χ0n) is 22.3. The highest BCUT2D eigenvalue weighted by molar-refractivity contribution is 6.03. The third-order valence-electron chi connectivity index (χ3n) is 8.95. The minimum absolute atomic E-state index is 0.0352. The minimum Gasteiger partial charge on any atom is -0.350 e. The van der Waals surface area contributed by atoms with Gasteiger partial charge in [0.05, 0.1) is 5.69 Å². The van der Waals surface area contributed by atoms with Crippen molar-refractivity contribution in [3.8, 4) is 11.1 Å². The normalized spacial score (nSPS) is 21.4. The van der Waals surface area contributed by atoms with Crippen LogP contribution in [0.4, 0.5) is 10.2 Å². The van der Waals surface area contributed by atoms with E-state index in [1.54, 1.807) is 12.3 Å². The van der Waals surface area contributed by atoms with Crippen molar-refractivity contribution in [1.82, 2.24) is 20.5 Å². The number of nitrogens with zero attached hydrogens (tertiary/aromatic N) is 2. The highest BCUT2D eigenvalue weighted by Gasteiger charge is 2.46. The summed E-state index contributed by atoms with van der Waals surface area (Å²) < 4.78 is 13.7. The van der Waals surface area contributed by atoms with E-state index < -0.39 is 5.92 Å². The van der Waals surface area contributed by atoms with E-state index in [0.717, 1.165) is 67.3 Å². The van der Waals surface area contributed by atoms with E-state index in [0.29, 0.717) is 41.7 Å². The maximum Gasteiger partial charge on any atom is 0.272 e. The van der Waals surface area contributed by atoms with Crippen LogP contribution < -0.4 is 10.6 Å². The van der Waals surface area contributed by atoms with E-state index in [2.05, 4.69) is 25.8 Å². The molecule has 1 amide bonds. The maximum absolute atomic E-state index is 13.8. The Morgan fingerprint density at radius 2 is 1.98 bits per heavy atom. The molecule has 7 nitrogen and oxygen atoms in total. The summed E-state index contributed by atoms with van der Waals surface area (Å²) in [7, 11) is 0. The fraction of sp³-hybridized carbons (Fsp3) is 0.375. The van der Waals surface area contributed by atoms with Crippen LogP contribution in [-0.2, 0) is 4.79 Å². The highest BCUT2D eigenvalue weighted by Crippen LogP contribution is 2.53. The SMILES string of the molecule is O=C1CC2(CCCC2)CC2=C1C(/C=C/c1ccc(-c3cccc(F)c3)cn1)c1c(C(=O)NCC3CC3)n[nH]c1N2. The van der Waals surface area contributed by atoms with E-state index in [1.807, 2.05) is 30.4 Å². The second-order valence-electron chi connectivity index (χ2n) is 11.8. The molecule has 2 saturated carbocycles. The topological polar surface area (TPSA) is 99.8 Å². The van der Waals surface area contributed by atoms with Crippen molar-refractivity contribution in [3.05, 3.63) is 82.7 Å². The Hall–Kier alpha value is -4.07. The Kier molecular flexibility index (Phi) is 6.13. The van der Waals surface area contributed by atoms with Crippen LogP contribution in [0.2, 0.25) is 0 Å². The van der Waals surface area contributed by atoms with Crippen molar-refractivity contribution in [3.63, 3.8) is 0 Å². The van der Waals surface area contributed by atoms with Gasteiger partial charge in [0.1, 0.15) is 11.6 Å². The average molecular weight is 538 g/mol. The van der Waals surface area contributed by atoms with Gasteiger partial charge in [-0.2, -0.15) is 5.10 Å². The van der Waals surface area contributed by atoms with Crippen molar-refractivity contribution < 1.29 is 14.0 Å². The number of pyridine rings is 1. The van der Waals surface area contributed by atoms with Crippen LogP contribution in [0.15, 0.2) is 59.9 Å². The number of nitrogens with one attached hydrogen (secondary N) is 3. The molecule has 3 aliphatic carbocycles. The van der Waals surface area contributed by atoms with Crippen molar-refractivity contribution in [2.75, 3.05) is 11.9 Å². The Bertz CT molecular complexity index is 1540. The third kappa shape index (κ3) is 4.65. The van der Waals surface area contributed by atoms with Gasteiger partial charge in [0.25, 0.3) is 5.91 Å². The van der Waals surface area contributed by atoms with Gasteiger partial charge in [-0.05, 0) is 73.3 Å². The van der Waals surface area contributed by atoms with Crippen molar-refractivity contribution >= 4 is 23.6 Å². The van der Waals surface area contributed by atoms with Gasteiger partial charge in [0, 0.05) is 47.5 Å². The second kappa shape index (κ2) is 9.84. The molecule has 1 aromatic carbocycles. The van der Waals surface area contributed by atoms with Crippen LogP contribution in [0.1, 0.15) is 79.0 Å². The van der Waals surface area contributed by atoms with Crippen molar-refractivity contribution in [2.24, 2.45) is 11.3 Å². The summed E-state index contributed by atoms with van der Waals surface area (Å²) in [6.45, 7) is 0.644. The van der Waals surface area contributed by atoms with Crippen molar-refractivity contribution in [1.29, 1.82) is 0 Å². The summed E-state index contributed by atoms with van der Waals surface area (Å²) in [6, 6.07) is 10.2. The Morgan fingerprint density at radius 1 is 1.12 bits per heavy atom. The van der Waals surface area contributed by atoms with Gasteiger partial charge in [-0.25, -0.2) is 4.39 Å². The summed E-state index contributed by atoms with van der Waals surface area (Å²) in [5.41, 5.74) is 5.03. The van der Waals surface area contributed by atoms with Crippen LogP contribution in [0.25, 0.3) is 17.2 Å². The van der Waals surface area contributed by atoms with Gasteiger partial charge in [-0.15, -0.1) is 0 Å².